The number of hydrogen-bond donors (Lipinski definition) is 3. The normalized spacial score (nSPS) is 15.1. The second kappa shape index (κ2) is 11.8. The SMILES string of the molecule is O=C(O)c1ccc(-c2ccc(CCNC[C@@H](O)c3ccccc3)cc2)cc1OC1CCOCC1. The highest BCUT2D eigenvalue weighted by atomic mass is 16.5. The van der Waals surface area contributed by atoms with Crippen molar-refractivity contribution in [1.29, 1.82) is 0 Å². The van der Waals surface area contributed by atoms with Gasteiger partial charge >= 0.3 is 5.97 Å². The summed E-state index contributed by atoms with van der Waals surface area (Å²) in [7, 11) is 0. The minimum Gasteiger partial charge on any atom is -0.489 e. The maximum absolute atomic E-state index is 11.7. The number of aliphatic hydroxyl groups excluding tert-OH is 1. The molecule has 178 valence electrons. The van der Waals surface area contributed by atoms with Crippen LogP contribution in [0.25, 0.3) is 11.1 Å². The van der Waals surface area contributed by atoms with Crippen LogP contribution in [0.1, 0.15) is 40.4 Å². The van der Waals surface area contributed by atoms with Gasteiger partial charge in [0, 0.05) is 19.4 Å². The van der Waals surface area contributed by atoms with E-state index in [2.05, 4.69) is 17.4 Å². The van der Waals surface area contributed by atoms with Crippen LogP contribution >= 0.6 is 0 Å². The Labute approximate surface area is 200 Å². The van der Waals surface area contributed by atoms with E-state index in [1.165, 1.54) is 5.56 Å². The van der Waals surface area contributed by atoms with Crippen LogP contribution in [0.3, 0.4) is 0 Å². The van der Waals surface area contributed by atoms with E-state index in [1.54, 1.807) is 6.07 Å². The summed E-state index contributed by atoms with van der Waals surface area (Å²) in [6.45, 7) is 2.54. The van der Waals surface area contributed by atoms with Crippen molar-refractivity contribution >= 4 is 5.97 Å². The summed E-state index contributed by atoms with van der Waals surface area (Å²) in [4.78, 5) is 11.7. The zero-order chi connectivity index (χ0) is 23.8. The van der Waals surface area contributed by atoms with Crippen molar-refractivity contribution in [3.63, 3.8) is 0 Å². The predicted molar refractivity (Wildman–Crippen MR) is 131 cm³/mol. The second-order valence-corrected chi connectivity index (χ2v) is 8.52. The topological polar surface area (TPSA) is 88.0 Å². The van der Waals surface area contributed by atoms with E-state index >= 15 is 0 Å². The summed E-state index contributed by atoms with van der Waals surface area (Å²) in [5.41, 5.74) is 4.20. The number of benzene rings is 3. The van der Waals surface area contributed by atoms with Crippen LogP contribution in [-0.4, -0.2) is 48.6 Å². The Bertz CT molecular complexity index is 1060. The fourth-order valence-electron chi connectivity index (χ4n) is 4.08. The molecule has 1 atom stereocenters. The molecule has 3 aromatic carbocycles. The molecule has 0 unspecified atom stereocenters. The lowest BCUT2D eigenvalue weighted by Crippen LogP contribution is -2.26. The third-order valence-corrected chi connectivity index (χ3v) is 6.07. The molecule has 0 radical (unpaired) electrons. The summed E-state index contributed by atoms with van der Waals surface area (Å²) >= 11 is 0. The largest absolute Gasteiger partial charge is 0.489 e. The van der Waals surface area contributed by atoms with Crippen LogP contribution in [0, 0.1) is 0 Å². The Balaban J connectivity index is 1.35. The van der Waals surface area contributed by atoms with E-state index in [0.29, 0.717) is 25.5 Å². The van der Waals surface area contributed by atoms with Crippen LogP contribution in [0.5, 0.6) is 5.75 Å². The van der Waals surface area contributed by atoms with Gasteiger partial charge in [-0.15, -0.1) is 0 Å². The van der Waals surface area contributed by atoms with E-state index in [1.807, 2.05) is 54.6 Å². The predicted octanol–water partition coefficient (Wildman–Crippen LogP) is 4.48. The van der Waals surface area contributed by atoms with Crippen molar-refractivity contribution in [1.82, 2.24) is 5.32 Å². The first-order valence-corrected chi connectivity index (χ1v) is 11.7. The molecule has 3 N–H and O–H groups in total. The van der Waals surface area contributed by atoms with Crippen molar-refractivity contribution < 1.29 is 24.5 Å². The van der Waals surface area contributed by atoms with Crippen molar-refractivity contribution in [3.05, 3.63) is 89.5 Å². The molecular formula is C28H31NO5. The molecule has 0 aromatic heterocycles. The number of rotatable bonds is 10. The number of aliphatic hydroxyl groups is 1. The van der Waals surface area contributed by atoms with Crippen LogP contribution in [0.4, 0.5) is 0 Å². The quantitative estimate of drug-likeness (QED) is 0.386. The van der Waals surface area contributed by atoms with Gasteiger partial charge in [-0.05, 0) is 47.4 Å². The molecule has 1 aliphatic rings. The molecule has 1 fully saturated rings. The van der Waals surface area contributed by atoms with Crippen LogP contribution in [0.15, 0.2) is 72.8 Å². The van der Waals surface area contributed by atoms with Gasteiger partial charge in [-0.25, -0.2) is 4.79 Å². The summed E-state index contributed by atoms with van der Waals surface area (Å²) in [5, 5.41) is 23.1. The molecule has 0 amide bonds. The Morgan fingerprint density at radius 2 is 1.71 bits per heavy atom. The Morgan fingerprint density at radius 1 is 1.00 bits per heavy atom. The fourth-order valence-corrected chi connectivity index (χ4v) is 4.08. The average Bonchev–Trinajstić information content (AvgIpc) is 2.88. The molecule has 6 heteroatoms. The molecule has 0 saturated carbocycles. The van der Waals surface area contributed by atoms with Gasteiger partial charge in [0.1, 0.15) is 17.4 Å². The molecule has 4 rings (SSSR count). The maximum Gasteiger partial charge on any atom is 0.339 e. The third kappa shape index (κ3) is 6.44. The fraction of sp³-hybridized carbons (Fsp3) is 0.321. The Morgan fingerprint density at radius 3 is 2.41 bits per heavy atom. The van der Waals surface area contributed by atoms with Crippen molar-refractivity contribution in [3.8, 4) is 16.9 Å². The highest BCUT2D eigenvalue weighted by Crippen LogP contribution is 2.30. The number of aromatic carboxylic acids is 1. The molecule has 1 saturated heterocycles. The lowest BCUT2D eigenvalue weighted by atomic mass is 10.0. The van der Waals surface area contributed by atoms with E-state index in [-0.39, 0.29) is 11.7 Å². The molecule has 34 heavy (non-hydrogen) atoms. The number of nitrogens with one attached hydrogen (secondary N) is 1. The highest BCUT2D eigenvalue weighted by Gasteiger charge is 2.20. The van der Waals surface area contributed by atoms with Crippen molar-refractivity contribution in [2.24, 2.45) is 0 Å². The number of hydrogen-bond acceptors (Lipinski definition) is 5. The van der Waals surface area contributed by atoms with Crippen LogP contribution < -0.4 is 10.1 Å². The molecule has 0 bridgehead atoms. The number of carboxylic acid groups (broad SMARTS) is 1. The smallest absolute Gasteiger partial charge is 0.339 e. The van der Waals surface area contributed by atoms with Gasteiger partial charge in [-0.1, -0.05) is 60.7 Å². The summed E-state index contributed by atoms with van der Waals surface area (Å²) in [6, 6.07) is 23.1. The van der Waals surface area contributed by atoms with E-state index in [4.69, 9.17) is 9.47 Å². The van der Waals surface area contributed by atoms with Gasteiger partial charge in [-0.3, -0.25) is 0 Å². The first kappa shape index (κ1) is 24.0. The molecular weight excluding hydrogens is 430 g/mol. The molecule has 6 nitrogen and oxygen atoms in total. The first-order valence-electron chi connectivity index (χ1n) is 11.7. The molecule has 3 aromatic rings. The van der Waals surface area contributed by atoms with Crippen LogP contribution in [0.2, 0.25) is 0 Å². The van der Waals surface area contributed by atoms with E-state index in [0.717, 1.165) is 42.5 Å². The lowest BCUT2D eigenvalue weighted by molar-refractivity contribution is 0.0249. The molecule has 1 heterocycles. The van der Waals surface area contributed by atoms with Gasteiger partial charge in [-0.2, -0.15) is 0 Å². The Kier molecular flexibility index (Phi) is 8.31. The van der Waals surface area contributed by atoms with Gasteiger partial charge in [0.05, 0.1) is 19.3 Å². The van der Waals surface area contributed by atoms with E-state index in [9.17, 15) is 15.0 Å². The summed E-state index contributed by atoms with van der Waals surface area (Å²) in [5.74, 6) is -0.587. The van der Waals surface area contributed by atoms with E-state index < -0.39 is 12.1 Å². The maximum atomic E-state index is 11.7. The minimum absolute atomic E-state index is 0.0302. The second-order valence-electron chi connectivity index (χ2n) is 8.52. The molecule has 1 aliphatic heterocycles. The zero-order valence-corrected chi connectivity index (χ0v) is 19.2. The summed E-state index contributed by atoms with van der Waals surface area (Å²) < 4.78 is 11.4. The zero-order valence-electron chi connectivity index (χ0n) is 19.2. The van der Waals surface area contributed by atoms with Gasteiger partial charge in [0.15, 0.2) is 0 Å². The number of carbonyl (C=O) groups is 1. The highest BCUT2D eigenvalue weighted by molar-refractivity contribution is 5.92. The summed E-state index contributed by atoms with van der Waals surface area (Å²) in [6.07, 6.45) is 1.81. The Hall–Kier alpha value is -3.19. The first-order chi connectivity index (χ1) is 16.6. The monoisotopic (exact) mass is 461 g/mol. The van der Waals surface area contributed by atoms with Crippen molar-refractivity contribution in [2.45, 2.75) is 31.5 Å². The third-order valence-electron chi connectivity index (χ3n) is 6.07. The molecule has 0 aliphatic carbocycles. The van der Waals surface area contributed by atoms with Gasteiger partial charge in [0.2, 0.25) is 0 Å². The average molecular weight is 462 g/mol. The minimum atomic E-state index is -0.992. The van der Waals surface area contributed by atoms with Crippen LogP contribution in [-0.2, 0) is 11.2 Å². The standard InChI is InChI=1S/C28H31NO5/c30-26(22-4-2-1-3-5-22)19-29-15-12-20-6-8-21(9-7-20)23-10-11-25(28(31)32)27(18-23)34-24-13-16-33-17-14-24/h1-11,18,24,26,29-30H,12-17,19H2,(H,31,32)/t26-/m1/s1. The number of ether oxygens (including phenoxy) is 2. The van der Waals surface area contributed by atoms with Gasteiger partial charge in [0.25, 0.3) is 0 Å². The molecule has 0 spiro atoms. The van der Waals surface area contributed by atoms with Gasteiger partial charge < -0.3 is 25.0 Å². The van der Waals surface area contributed by atoms with Crippen molar-refractivity contribution in [2.75, 3.05) is 26.3 Å². The lowest BCUT2D eigenvalue weighted by Gasteiger charge is -2.24. The number of carboxylic acids is 1.